The molecular weight excluding hydrogens is 309 g/mol. The largest absolute Gasteiger partial charge is 0.480 e. The summed E-state index contributed by atoms with van der Waals surface area (Å²) in [6.07, 6.45) is 0. The van der Waals surface area contributed by atoms with Crippen LogP contribution >= 0.6 is 11.3 Å². The first-order valence-electron chi connectivity index (χ1n) is 6.79. The van der Waals surface area contributed by atoms with Crippen molar-refractivity contribution in [3.63, 3.8) is 0 Å². The molecule has 2 aromatic rings. The molecule has 1 unspecified atom stereocenters. The summed E-state index contributed by atoms with van der Waals surface area (Å²) >= 11 is 1.26. The van der Waals surface area contributed by atoms with Gasteiger partial charge in [0.15, 0.2) is 6.04 Å². The molecule has 1 aliphatic rings. The van der Waals surface area contributed by atoms with Crippen molar-refractivity contribution >= 4 is 33.3 Å². The molecule has 1 N–H and O–H groups in total. The second-order valence-electron chi connectivity index (χ2n) is 5.12. The summed E-state index contributed by atoms with van der Waals surface area (Å²) in [5.41, 5.74) is 0.681. The van der Waals surface area contributed by atoms with Gasteiger partial charge in [0.2, 0.25) is 0 Å². The van der Waals surface area contributed by atoms with Gasteiger partial charge in [-0.05, 0) is 36.1 Å². The maximum Gasteiger partial charge on any atom is 0.328 e. The standard InChI is InChI=1S/C15H14FNO4S/c1-8-10-6-9(16)2-3-12(10)22-13(8)14(18)17-4-5-21-7-11(17)15(19)20/h2-3,6,11H,4-5,7H2,1H3,(H,19,20). The van der Waals surface area contributed by atoms with Crippen molar-refractivity contribution in [3.05, 3.63) is 34.5 Å². The van der Waals surface area contributed by atoms with Gasteiger partial charge in [0.05, 0.1) is 18.1 Å². The first-order chi connectivity index (χ1) is 10.5. The first-order valence-corrected chi connectivity index (χ1v) is 7.61. The Bertz CT molecular complexity index is 757. The molecule has 0 bridgehead atoms. The number of hydrogen-bond acceptors (Lipinski definition) is 4. The molecule has 1 saturated heterocycles. The van der Waals surface area contributed by atoms with Crippen LogP contribution in [-0.4, -0.2) is 47.7 Å². The quantitative estimate of drug-likeness (QED) is 0.921. The summed E-state index contributed by atoms with van der Waals surface area (Å²) in [7, 11) is 0. The molecule has 7 heteroatoms. The third-order valence-corrected chi connectivity index (χ3v) is 5.03. The van der Waals surface area contributed by atoms with Crippen molar-refractivity contribution in [1.29, 1.82) is 0 Å². The smallest absolute Gasteiger partial charge is 0.328 e. The van der Waals surface area contributed by atoms with Gasteiger partial charge in [-0.1, -0.05) is 0 Å². The number of benzene rings is 1. The van der Waals surface area contributed by atoms with Gasteiger partial charge in [-0.2, -0.15) is 0 Å². The van der Waals surface area contributed by atoms with Crippen LogP contribution in [0.25, 0.3) is 10.1 Å². The highest BCUT2D eigenvalue weighted by Gasteiger charge is 2.34. The van der Waals surface area contributed by atoms with Gasteiger partial charge in [0.25, 0.3) is 5.91 Å². The van der Waals surface area contributed by atoms with E-state index in [1.54, 1.807) is 13.0 Å². The molecule has 1 aromatic heterocycles. The van der Waals surface area contributed by atoms with Gasteiger partial charge in [-0.15, -0.1) is 11.3 Å². The van der Waals surface area contributed by atoms with E-state index >= 15 is 0 Å². The average Bonchev–Trinajstić information content (AvgIpc) is 2.83. The summed E-state index contributed by atoms with van der Waals surface area (Å²) in [6.45, 7) is 2.29. The van der Waals surface area contributed by atoms with Gasteiger partial charge >= 0.3 is 5.97 Å². The first kappa shape index (κ1) is 14.9. The zero-order valence-corrected chi connectivity index (χ0v) is 12.7. The number of aryl methyl sites for hydroxylation is 1. The summed E-state index contributed by atoms with van der Waals surface area (Å²) in [6, 6.07) is 3.39. The van der Waals surface area contributed by atoms with Crippen LogP contribution in [0.3, 0.4) is 0 Å². The molecule has 2 heterocycles. The second kappa shape index (κ2) is 5.66. The van der Waals surface area contributed by atoms with E-state index in [1.165, 1.54) is 28.4 Å². The lowest BCUT2D eigenvalue weighted by atomic mass is 10.1. The molecule has 1 atom stereocenters. The molecule has 116 valence electrons. The molecular formula is C15H14FNO4S. The Hall–Kier alpha value is -1.99. The molecule has 5 nitrogen and oxygen atoms in total. The Kier molecular flexibility index (Phi) is 3.84. The number of amides is 1. The van der Waals surface area contributed by atoms with E-state index in [-0.39, 0.29) is 24.9 Å². The number of carboxylic acids is 1. The molecule has 0 saturated carbocycles. The summed E-state index contributed by atoms with van der Waals surface area (Å²) in [5, 5.41) is 9.92. The summed E-state index contributed by atoms with van der Waals surface area (Å²) in [4.78, 5) is 25.8. The number of carboxylic acid groups (broad SMARTS) is 1. The number of ether oxygens (including phenoxy) is 1. The topological polar surface area (TPSA) is 66.8 Å². The van der Waals surface area contributed by atoms with Crippen molar-refractivity contribution in [2.24, 2.45) is 0 Å². The number of aliphatic carboxylic acids is 1. The predicted octanol–water partition coefficient (Wildman–Crippen LogP) is 2.27. The highest BCUT2D eigenvalue weighted by Crippen LogP contribution is 2.32. The van der Waals surface area contributed by atoms with Gasteiger partial charge in [0, 0.05) is 11.2 Å². The second-order valence-corrected chi connectivity index (χ2v) is 6.18. The zero-order chi connectivity index (χ0) is 15.9. The average molecular weight is 323 g/mol. The minimum Gasteiger partial charge on any atom is -0.480 e. The van der Waals surface area contributed by atoms with Gasteiger partial charge < -0.3 is 14.7 Å². The van der Waals surface area contributed by atoms with Crippen LogP contribution in [0.2, 0.25) is 0 Å². The number of nitrogens with zero attached hydrogens (tertiary/aromatic N) is 1. The minimum absolute atomic E-state index is 0.0142. The third-order valence-electron chi connectivity index (χ3n) is 3.77. The van der Waals surface area contributed by atoms with Crippen molar-refractivity contribution in [2.45, 2.75) is 13.0 Å². The zero-order valence-electron chi connectivity index (χ0n) is 11.8. The van der Waals surface area contributed by atoms with Crippen molar-refractivity contribution in [2.75, 3.05) is 19.8 Å². The highest BCUT2D eigenvalue weighted by atomic mass is 32.1. The lowest BCUT2D eigenvalue weighted by Crippen LogP contribution is -2.52. The molecule has 3 rings (SSSR count). The normalized spacial score (nSPS) is 18.6. The fourth-order valence-corrected chi connectivity index (χ4v) is 3.72. The lowest BCUT2D eigenvalue weighted by molar-refractivity contribution is -0.147. The van der Waals surface area contributed by atoms with E-state index in [9.17, 15) is 19.1 Å². The van der Waals surface area contributed by atoms with E-state index in [2.05, 4.69) is 0 Å². The fourth-order valence-electron chi connectivity index (χ4n) is 2.58. The van der Waals surface area contributed by atoms with Crippen molar-refractivity contribution in [3.8, 4) is 0 Å². The van der Waals surface area contributed by atoms with E-state index in [0.29, 0.717) is 22.4 Å². The summed E-state index contributed by atoms with van der Waals surface area (Å²) < 4.78 is 19.3. The Balaban J connectivity index is 2.01. The number of carbonyl (C=O) groups is 2. The van der Waals surface area contributed by atoms with Crippen LogP contribution in [0.4, 0.5) is 4.39 Å². The third kappa shape index (κ3) is 2.46. The van der Waals surface area contributed by atoms with Gasteiger partial charge in [-0.25, -0.2) is 9.18 Å². The molecule has 1 aromatic carbocycles. The van der Waals surface area contributed by atoms with Crippen LogP contribution in [0.5, 0.6) is 0 Å². The van der Waals surface area contributed by atoms with Crippen LogP contribution in [0.15, 0.2) is 18.2 Å². The Morgan fingerprint density at radius 1 is 1.45 bits per heavy atom. The predicted molar refractivity (Wildman–Crippen MR) is 79.8 cm³/mol. The fraction of sp³-hybridized carbons (Fsp3) is 0.333. The number of halogens is 1. The van der Waals surface area contributed by atoms with Crippen LogP contribution < -0.4 is 0 Å². The number of morpholine rings is 1. The molecule has 1 fully saturated rings. The molecule has 1 amide bonds. The number of fused-ring (bicyclic) bond motifs is 1. The van der Waals surface area contributed by atoms with Crippen LogP contribution in [0, 0.1) is 12.7 Å². The Morgan fingerprint density at radius 3 is 2.95 bits per heavy atom. The minimum atomic E-state index is -1.09. The van der Waals surface area contributed by atoms with E-state index in [1.807, 2.05) is 0 Å². The highest BCUT2D eigenvalue weighted by molar-refractivity contribution is 7.21. The van der Waals surface area contributed by atoms with Crippen molar-refractivity contribution in [1.82, 2.24) is 4.90 Å². The van der Waals surface area contributed by atoms with Crippen molar-refractivity contribution < 1.29 is 23.8 Å². The SMILES string of the molecule is Cc1c(C(=O)N2CCOCC2C(=O)O)sc2ccc(F)cc12. The molecule has 0 spiro atoms. The van der Waals surface area contributed by atoms with E-state index in [4.69, 9.17) is 4.74 Å². The maximum absolute atomic E-state index is 13.4. The molecule has 0 radical (unpaired) electrons. The number of thiophene rings is 1. The van der Waals surface area contributed by atoms with E-state index < -0.39 is 12.0 Å². The Labute approximate surface area is 129 Å². The van der Waals surface area contributed by atoms with Crippen LogP contribution in [-0.2, 0) is 9.53 Å². The monoisotopic (exact) mass is 323 g/mol. The van der Waals surface area contributed by atoms with Gasteiger partial charge in [-0.3, -0.25) is 4.79 Å². The molecule has 22 heavy (non-hydrogen) atoms. The summed E-state index contributed by atoms with van der Waals surface area (Å²) in [5.74, 6) is -1.78. The number of hydrogen-bond donors (Lipinski definition) is 1. The Morgan fingerprint density at radius 2 is 2.23 bits per heavy atom. The molecule has 1 aliphatic heterocycles. The maximum atomic E-state index is 13.4. The lowest BCUT2D eigenvalue weighted by Gasteiger charge is -2.32. The van der Waals surface area contributed by atoms with E-state index in [0.717, 1.165) is 4.70 Å². The van der Waals surface area contributed by atoms with Crippen LogP contribution in [0.1, 0.15) is 15.2 Å². The number of rotatable bonds is 2. The number of carbonyl (C=O) groups excluding carboxylic acids is 1. The molecule has 0 aliphatic carbocycles. The van der Waals surface area contributed by atoms with Gasteiger partial charge in [0.1, 0.15) is 5.82 Å².